The van der Waals surface area contributed by atoms with Gasteiger partial charge in [0.1, 0.15) is 5.75 Å². The molecule has 1 aliphatic rings. The van der Waals surface area contributed by atoms with E-state index in [1.807, 2.05) is 26.8 Å². The number of hydrogen-bond donors (Lipinski definition) is 1. The first-order chi connectivity index (χ1) is 10.8. The minimum Gasteiger partial charge on any atom is -0.494 e. The van der Waals surface area contributed by atoms with Gasteiger partial charge in [-0.3, -0.25) is 0 Å². The summed E-state index contributed by atoms with van der Waals surface area (Å²) >= 11 is 0. The number of hydrogen-bond acceptors (Lipinski definition) is 4. The van der Waals surface area contributed by atoms with Crippen LogP contribution in [0.25, 0.3) is 0 Å². The maximum absolute atomic E-state index is 12.6. The van der Waals surface area contributed by atoms with Gasteiger partial charge in [-0.25, -0.2) is 13.1 Å². The van der Waals surface area contributed by atoms with E-state index < -0.39 is 10.0 Å². The van der Waals surface area contributed by atoms with Crippen molar-refractivity contribution in [1.29, 1.82) is 0 Å². The molecule has 1 saturated heterocycles. The van der Waals surface area contributed by atoms with Gasteiger partial charge in [-0.1, -0.05) is 13.8 Å². The third-order valence-electron chi connectivity index (χ3n) is 4.04. The van der Waals surface area contributed by atoms with E-state index in [0.29, 0.717) is 30.2 Å². The molecule has 1 heterocycles. The van der Waals surface area contributed by atoms with E-state index in [9.17, 15) is 8.42 Å². The van der Waals surface area contributed by atoms with Crippen LogP contribution >= 0.6 is 0 Å². The normalized spacial score (nSPS) is 18.6. The zero-order valence-electron chi connectivity index (χ0n) is 14.4. The van der Waals surface area contributed by atoms with Crippen LogP contribution in [0.2, 0.25) is 0 Å². The summed E-state index contributed by atoms with van der Waals surface area (Å²) in [6, 6.07) is 3.56. The molecule has 1 aliphatic heterocycles. The average Bonchev–Trinajstić information content (AvgIpc) is 2.98. The Balaban J connectivity index is 2.27. The van der Waals surface area contributed by atoms with Crippen LogP contribution in [0.15, 0.2) is 17.0 Å². The summed E-state index contributed by atoms with van der Waals surface area (Å²) in [7, 11) is -3.55. The summed E-state index contributed by atoms with van der Waals surface area (Å²) in [6.45, 7) is 9.38. The SMILES string of the molecule is CCOc1cc(C)c(S(=O)(=O)NC[C@H]2CCCO2)cc1C(C)C. The first-order valence-corrected chi connectivity index (χ1v) is 9.72. The molecule has 6 heteroatoms. The Morgan fingerprint density at radius 1 is 1.39 bits per heavy atom. The summed E-state index contributed by atoms with van der Waals surface area (Å²) in [5.41, 5.74) is 1.60. The van der Waals surface area contributed by atoms with Crippen LogP contribution in [0.1, 0.15) is 50.7 Å². The second kappa shape index (κ2) is 7.64. The van der Waals surface area contributed by atoms with E-state index >= 15 is 0 Å². The van der Waals surface area contributed by atoms with E-state index in [-0.39, 0.29) is 12.0 Å². The van der Waals surface area contributed by atoms with Crippen LogP contribution in [0.5, 0.6) is 5.75 Å². The first-order valence-electron chi connectivity index (χ1n) is 8.23. The highest BCUT2D eigenvalue weighted by atomic mass is 32.2. The first kappa shape index (κ1) is 18.2. The van der Waals surface area contributed by atoms with E-state index in [0.717, 1.165) is 24.2 Å². The molecule has 0 spiro atoms. The molecule has 1 N–H and O–H groups in total. The molecule has 1 atom stereocenters. The zero-order chi connectivity index (χ0) is 17.0. The van der Waals surface area contributed by atoms with Gasteiger partial charge in [-0.05, 0) is 55.9 Å². The lowest BCUT2D eigenvalue weighted by atomic mass is 10.0. The number of sulfonamides is 1. The molecule has 0 radical (unpaired) electrons. The maximum Gasteiger partial charge on any atom is 0.240 e. The zero-order valence-corrected chi connectivity index (χ0v) is 15.2. The summed E-state index contributed by atoms with van der Waals surface area (Å²) in [4.78, 5) is 0.322. The van der Waals surface area contributed by atoms with Crippen molar-refractivity contribution < 1.29 is 17.9 Å². The van der Waals surface area contributed by atoms with Crippen LogP contribution < -0.4 is 9.46 Å². The average molecular weight is 341 g/mol. The molecule has 23 heavy (non-hydrogen) atoms. The topological polar surface area (TPSA) is 64.6 Å². The predicted octanol–water partition coefficient (Wildman–Crippen LogP) is 2.97. The van der Waals surface area contributed by atoms with Gasteiger partial charge >= 0.3 is 0 Å². The molecule has 1 fully saturated rings. The lowest BCUT2D eigenvalue weighted by Crippen LogP contribution is -2.32. The number of aryl methyl sites for hydroxylation is 1. The Labute approximate surface area is 139 Å². The second-order valence-electron chi connectivity index (χ2n) is 6.23. The quantitative estimate of drug-likeness (QED) is 0.828. The lowest BCUT2D eigenvalue weighted by molar-refractivity contribution is 0.114. The Kier molecular flexibility index (Phi) is 6.06. The predicted molar refractivity (Wildman–Crippen MR) is 90.6 cm³/mol. The molecular formula is C17H27NO4S. The van der Waals surface area contributed by atoms with Gasteiger partial charge < -0.3 is 9.47 Å². The minimum atomic E-state index is -3.55. The van der Waals surface area contributed by atoms with Gasteiger partial charge in [0.05, 0.1) is 17.6 Å². The minimum absolute atomic E-state index is 0.0163. The third kappa shape index (κ3) is 4.46. The highest BCUT2D eigenvalue weighted by molar-refractivity contribution is 7.89. The molecule has 1 aromatic carbocycles. The van der Waals surface area contributed by atoms with Crippen LogP contribution in [0, 0.1) is 6.92 Å². The van der Waals surface area contributed by atoms with Crippen LogP contribution in [0.4, 0.5) is 0 Å². The standard InChI is InChI=1S/C17H27NO4S/c1-5-21-16-9-13(4)17(10-15(16)12(2)3)23(19,20)18-11-14-7-6-8-22-14/h9-10,12,14,18H,5-8,11H2,1-4H3/t14-/m1/s1. The van der Waals surface area contributed by atoms with Crippen molar-refractivity contribution in [1.82, 2.24) is 4.72 Å². The number of rotatable bonds is 7. The number of benzene rings is 1. The van der Waals surface area contributed by atoms with Crippen molar-refractivity contribution in [2.45, 2.75) is 57.5 Å². The summed E-state index contributed by atoms with van der Waals surface area (Å²) < 4.78 is 39.1. The number of nitrogens with one attached hydrogen (secondary N) is 1. The van der Waals surface area contributed by atoms with Crippen molar-refractivity contribution in [3.8, 4) is 5.75 Å². The van der Waals surface area contributed by atoms with E-state index in [2.05, 4.69) is 4.72 Å². The van der Waals surface area contributed by atoms with Gasteiger partial charge in [-0.2, -0.15) is 0 Å². The molecular weight excluding hydrogens is 314 g/mol. The highest BCUT2D eigenvalue weighted by Crippen LogP contribution is 2.31. The lowest BCUT2D eigenvalue weighted by Gasteiger charge is -2.18. The fraction of sp³-hybridized carbons (Fsp3) is 0.647. The van der Waals surface area contributed by atoms with E-state index in [4.69, 9.17) is 9.47 Å². The molecule has 5 nitrogen and oxygen atoms in total. The summed E-state index contributed by atoms with van der Waals surface area (Å²) in [6.07, 6.45) is 1.88. The molecule has 0 aromatic heterocycles. The van der Waals surface area contributed by atoms with Crippen molar-refractivity contribution in [3.63, 3.8) is 0 Å². The largest absolute Gasteiger partial charge is 0.494 e. The van der Waals surface area contributed by atoms with E-state index in [1.54, 1.807) is 13.0 Å². The van der Waals surface area contributed by atoms with Crippen molar-refractivity contribution in [3.05, 3.63) is 23.3 Å². The van der Waals surface area contributed by atoms with Gasteiger partial charge in [0.2, 0.25) is 10.0 Å². The Morgan fingerprint density at radius 3 is 2.70 bits per heavy atom. The van der Waals surface area contributed by atoms with Crippen molar-refractivity contribution >= 4 is 10.0 Å². The Hall–Kier alpha value is -1.11. The molecule has 2 rings (SSSR count). The highest BCUT2D eigenvalue weighted by Gasteiger charge is 2.23. The molecule has 1 aromatic rings. The molecule has 0 amide bonds. The molecule has 0 saturated carbocycles. The number of ether oxygens (including phenoxy) is 2. The summed E-state index contributed by atoms with van der Waals surface area (Å²) in [5.74, 6) is 0.947. The monoisotopic (exact) mass is 341 g/mol. The van der Waals surface area contributed by atoms with Gasteiger partial charge in [0, 0.05) is 13.2 Å². The smallest absolute Gasteiger partial charge is 0.240 e. The molecule has 130 valence electrons. The molecule has 0 aliphatic carbocycles. The maximum atomic E-state index is 12.6. The molecule has 0 bridgehead atoms. The Bertz CT molecular complexity index is 634. The summed E-state index contributed by atoms with van der Waals surface area (Å²) in [5, 5.41) is 0. The van der Waals surface area contributed by atoms with Crippen LogP contribution in [-0.2, 0) is 14.8 Å². The van der Waals surface area contributed by atoms with Gasteiger partial charge in [-0.15, -0.1) is 0 Å². The van der Waals surface area contributed by atoms with E-state index in [1.165, 1.54) is 0 Å². The van der Waals surface area contributed by atoms with Gasteiger partial charge in [0.15, 0.2) is 0 Å². The fourth-order valence-corrected chi connectivity index (χ4v) is 4.11. The van der Waals surface area contributed by atoms with Crippen molar-refractivity contribution in [2.75, 3.05) is 19.8 Å². The van der Waals surface area contributed by atoms with Crippen molar-refractivity contribution in [2.24, 2.45) is 0 Å². The fourth-order valence-electron chi connectivity index (χ4n) is 2.78. The van der Waals surface area contributed by atoms with Crippen LogP contribution in [0.3, 0.4) is 0 Å². The molecule has 0 unspecified atom stereocenters. The van der Waals surface area contributed by atoms with Gasteiger partial charge in [0.25, 0.3) is 0 Å². The second-order valence-corrected chi connectivity index (χ2v) is 7.97. The Morgan fingerprint density at radius 2 is 2.13 bits per heavy atom. The van der Waals surface area contributed by atoms with Crippen LogP contribution in [-0.4, -0.2) is 34.3 Å². The third-order valence-corrected chi connectivity index (χ3v) is 5.61.